The number of nitrogens with one attached hydrogen (secondary N) is 1. The van der Waals surface area contributed by atoms with Gasteiger partial charge in [0.25, 0.3) is 5.91 Å². The standard InChI is InChI=1S/C27H25NO4/c1-2-31-23-14-8-9-15-24(23)32-18-25(30)28-27(20-11-4-3-5-12-20)26-21-13-7-6-10-19(21)16-17-22(26)29/h3-17,27,29H,2,18H2,1H3,(H,28,30). The van der Waals surface area contributed by atoms with Gasteiger partial charge in [-0.3, -0.25) is 4.79 Å². The molecule has 0 aliphatic heterocycles. The molecule has 0 spiro atoms. The summed E-state index contributed by atoms with van der Waals surface area (Å²) < 4.78 is 11.3. The van der Waals surface area contributed by atoms with Gasteiger partial charge in [-0.2, -0.15) is 0 Å². The van der Waals surface area contributed by atoms with E-state index in [-0.39, 0.29) is 18.3 Å². The maximum absolute atomic E-state index is 12.9. The summed E-state index contributed by atoms with van der Waals surface area (Å²) in [6, 6.07) is 27.6. The van der Waals surface area contributed by atoms with E-state index in [1.165, 1.54) is 0 Å². The van der Waals surface area contributed by atoms with Crippen molar-refractivity contribution < 1.29 is 19.4 Å². The minimum atomic E-state index is -0.541. The first-order chi connectivity index (χ1) is 15.7. The van der Waals surface area contributed by atoms with E-state index in [0.29, 0.717) is 23.7 Å². The summed E-state index contributed by atoms with van der Waals surface area (Å²) >= 11 is 0. The molecule has 1 unspecified atom stereocenters. The molecule has 2 N–H and O–H groups in total. The van der Waals surface area contributed by atoms with Crippen molar-refractivity contribution in [2.24, 2.45) is 0 Å². The predicted molar refractivity (Wildman–Crippen MR) is 125 cm³/mol. The van der Waals surface area contributed by atoms with Gasteiger partial charge in [0.15, 0.2) is 18.1 Å². The van der Waals surface area contributed by atoms with Crippen LogP contribution < -0.4 is 14.8 Å². The van der Waals surface area contributed by atoms with Crippen LogP contribution in [0.15, 0.2) is 91.0 Å². The maximum Gasteiger partial charge on any atom is 0.258 e. The molecule has 4 aromatic carbocycles. The molecular formula is C27H25NO4. The predicted octanol–water partition coefficient (Wildman–Crippen LogP) is 5.23. The lowest BCUT2D eigenvalue weighted by atomic mass is 9.92. The molecule has 5 nitrogen and oxygen atoms in total. The summed E-state index contributed by atoms with van der Waals surface area (Å²) in [6.07, 6.45) is 0. The van der Waals surface area contributed by atoms with Gasteiger partial charge in [-0.1, -0.05) is 72.8 Å². The third kappa shape index (κ3) is 4.67. The van der Waals surface area contributed by atoms with E-state index < -0.39 is 6.04 Å². The van der Waals surface area contributed by atoms with Gasteiger partial charge in [-0.15, -0.1) is 0 Å². The number of carbonyl (C=O) groups excluding carboxylic acids is 1. The Hall–Kier alpha value is -3.99. The van der Waals surface area contributed by atoms with Gasteiger partial charge in [0.1, 0.15) is 5.75 Å². The number of phenols is 1. The first kappa shape index (κ1) is 21.2. The van der Waals surface area contributed by atoms with E-state index in [0.717, 1.165) is 16.3 Å². The van der Waals surface area contributed by atoms with Crippen LogP contribution in [0.3, 0.4) is 0 Å². The molecular weight excluding hydrogens is 402 g/mol. The molecule has 0 saturated heterocycles. The second-order valence-electron chi connectivity index (χ2n) is 7.30. The second kappa shape index (κ2) is 9.88. The molecule has 0 aromatic heterocycles. The van der Waals surface area contributed by atoms with E-state index in [1.807, 2.05) is 79.7 Å². The first-order valence-electron chi connectivity index (χ1n) is 10.6. The molecule has 0 saturated carbocycles. The molecule has 5 heteroatoms. The molecule has 0 aliphatic carbocycles. The van der Waals surface area contributed by atoms with Crippen LogP contribution in [-0.2, 0) is 4.79 Å². The zero-order valence-corrected chi connectivity index (χ0v) is 17.8. The van der Waals surface area contributed by atoms with Crippen LogP contribution in [0.2, 0.25) is 0 Å². The Morgan fingerprint density at radius 3 is 2.25 bits per heavy atom. The number of carbonyl (C=O) groups is 1. The minimum absolute atomic E-state index is 0.125. The highest BCUT2D eigenvalue weighted by atomic mass is 16.5. The van der Waals surface area contributed by atoms with Gasteiger partial charge in [-0.25, -0.2) is 0 Å². The number of benzene rings is 4. The third-order valence-electron chi connectivity index (χ3n) is 5.18. The Labute approximate surface area is 187 Å². The van der Waals surface area contributed by atoms with Crippen LogP contribution in [0.1, 0.15) is 24.1 Å². The summed E-state index contributed by atoms with van der Waals surface area (Å²) in [6.45, 7) is 2.21. The lowest BCUT2D eigenvalue weighted by Gasteiger charge is -2.23. The number of amides is 1. The van der Waals surface area contributed by atoms with Crippen molar-refractivity contribution in [1.29, 1.82) is 0 Å². The van der Waals surface area contributed by atoms with Gasteiger partial charge < -0.3 is 19.9 Å². The van der Waals surface area contributed by atoms with Crippen LogP contribution in [0.5, 0.6) is 17.2 Å². The Morgan fingerprint density at radius 1 is 0.844 bits per heavy atom. The Bertz CT molecular complexity index is 1210. The van der Waals surface area contributed by atoms with Gasteiger partial charge >= 0.3 is 0 Å². The first-order valence-corrected chi connectivity index (χ1v) is 10.6. The summed E-state index contributed by atoms with van der Waals surface area (Å²) in [5.74, 6) is 0.917. The van der Waals surface area contributed by atoms with Crippen molar-refractivity contribution in [2.75, 3.05) is 13.2 Å². The topological polar surface area (TPSA) is 67.8 Å². The highest BCUT2D eigenvalue weighted by Crippen LogP contribution is 2.36. The molecule has 0 radical (unpaired) electrons. The van der Waals surface area contributed by atoms with Crippen molar-refractivity contribution >= 4 is 16.7 Å². The number of fused-ring (bicyclic) bond motifs is 1. The Morgan fingerprint density at radius 2 is 1.50 bits per heavy atom. The molecule has 0 fully saturated rings. The number of aromatic hydroxyl groups is 1. The fourth-order valence-electron chi connectivity index (χ4n) is 3.75. The van der Waals surface area contributed by atoms with Crippen LogP contribution in [0.4, 0.5) is 0 Å². The Kier molecular flexibility index (Phi) is 6.56. The van der Waals surface area contributed by atoms with Crippen LogP contribution in [0.25, 0.3) is 10.8 Å². The smallest absolute Gasteiger partial charge is 0.258 e. The molecule has 32 heavy (non-hydrogen) atoms. The summed E-state index contributed by atoms with van der Waals surface area (Å²) in [4.78, 5) is 12.9. The van der Waals surface area contributed by atoms with E-state index in [1.54, 1.807) is 18.2 Å². The van der Waals surface area contributed by atoms with Gasteiger partial charge in [0.05, 0.1) is 12.6 Å². The molecule has 4 aromatic rings. The van der Waals surface area contributed by atoms with Gasteiger partial charge in [-0.05, 0) is 41.5 Å². The lowest BCUT2D eigenvalue weighted by Crippen LogP contribution is -2.33. The van der Waals surface area contributed by atoms with Crippen LogP contribution in [0, 0.1) is 0 Å². The number of hydrogen-bond acceptors (Lipinski definition) is 4. The molecule has 0 aliphatic rings. The van der Waals surface area contributed by atoms with Gasteiger partial charge in [0.2, 0.25) is 0 Å². The SMILES string of the molecule is CCOc1ccccc1OCC(=O)NC(c1ccccc1)c1c(O)ccc2ccccc12. The average Bonchev–Trinajstić information content (AvgIpc) is 2.83. The summed E-state index contributed by atoms with van der Waals surface area (Å²) in [5.41, 5.74) is 1.51. The van der Waals surface area contributed by atoms with E-state index >= 15 is 0 Å². The normalized spacial score (nSPS) is 11.7. The van der Waals surface area contributed by atoms with Crippen molar-refractivity contribution in [3.63, 3.8) is 0 Å². The monoisotopic (exact) mass is 427 g/mol. The molecule has 4 rings (SSSR count). The summed E-state index contributed by atoms with van der Waals surface area (Å²) in [5, 5.41) is 15.7. The van der Waals surface area contributed by atoms with Gasteiger partial charge in [0, 0.05) is 5.56 Å². The van der Waals surface area contributed by atoms with Crippen molar-refractivity contribution in [1.82, 2.24) is 5.32 Å². The minimum Gasteiger partial charge on any atom is -0.508 e. The largest absolute Gasteiger partial charge is 0.508 e. The second-order valence-corrected chi connectivity index (χ2v) is 7.30. The number of ether oxygens (including phenoxy) is 2. The fraction of sp³-hybridized carbons (Fsp3) is 0.148. The zero-order valence-electron chi connectivity index (χ0n) is 17.8. The van der Waals surface area contributed by atoms with E-state index in [2.05, 4.69) is 5.32 Å². The number of rotatable bonds is 8. The van der Waals surface area contributed by atoms with E-state index in [4.69, 9.17) is 9.47 Å². The van der Waals surface area contributed by atoms with Crippen LogP contribution in [-0.4, -0.2) is 24.2 Å². The van der Waals surface area contributed by atoms with Crippen molar-refractivity contribution in [2.45, 2.75) is 13.0 Å². The molecule has 1 atom stereocenters. The highest BCUT2D eigenvalue weighted by Gasteiger charge is 2.23. The third-order valence-corrected chi connectivity index (χ3v) is 5.18. The number of para-hydroxylation sites is 2. The number of hydrogen-bond donors (Lipinski definition) is 2. The number of phenolic OH excluding ortho intramolecular Hbond substituents is 1. The van der Waals surface area contributed by atoms with E-state index in [9.17, 15) is 9.90 Å². The average molecular weight is 428 g/mol. The fourth-order valence-corrected chi connectivity index (χ4v) is 3.75. The highest BCUT2D eigenvalue weighted by molar-refractivity contribution is 5.89. The molecule has 0 bridgehead atoms. The Balaban J connectivity index is 1.62. The molecule has 0 heterocycles. The van der Waals surface area contributed by atoms with Crippen LogP contribution >= 0.6 is 0 Å². The molecule has 162 valence electrons. The van der Waals surface area contributed by atoms with Crippen molar-refractivity contribution in [3.05, 3.63) is 102 Å². The lowest BCUT2D eigenvalue weighted by molar-refractivity contribution is -0.123. The quantitative estimate of drug-likeness (QED) is 0.404. The zero-order chi connectivity index (χ0) is 22.3. The van der Waals surface area contributed by atoms with Crippen molar-refractivity contribution in [3.8, 4) is 17.2 Å². The summed E-state index contributed by atoms with van der Waals surface area (Å²) in [7, 11) is 0. The molecule has 1 amide bonds. The maximum atomic E-state index is 12.9.